The van der Waals surface area contributed by atoms with Gasteiger partial charge in [-0.1, -0.05) is 0 Å². The molecule has 0 bridgehead atoms. The molecule has 0 aromatic heterocycles. The number of likely N-dealkylation sites (tertiary alicyclic amines) is 1. The summed E-state index contributed by atoms with van der Waals surface area (Å²) in [4.78, 5) is 16.3. The van der Waals surface area contributed by atoms with Crippen molar-refractivity contribution in [3.8, 4) is 11.5 Å². The standard InChI is InChI=1S/C14H20N2O3/c1-15(2)9-11-4-3-5-16(11)14(19)10-6-12(17)8-13(18)7-10/h6-8,11,17-18H,3-5,9H2,1-2H3. The Kier molecular flexibility index (Phi) is 3.95. The van der Waals surface area contributed by atoms with E-state index in [1.165, 1.54) is 18.2 Å². The number of amides is 1. The third-order valence-electron chi connectivity index (χ3n) is 3.36. The quantitative estimate of drug-likeness (QED) is 0.863. The molecule has 1 unspecified atom stereocenters. The molecular formula is C14H20N2O3. The molecule has 0 spiro atoms. The molecule has 2 rings (SSSR count). The predicted octanol–water partition coefficient (Wildman–Crippen LogP) is 1.26. The highest BCUT2D eigenvalue weighted by molar-refractivity contribution is 5.95. The van der Waals surface area contributed by atoms with Gasteiger partial charge in [-0.3, -0.25) is 4.79 Å². The number of rotatable bonds is 3. The first-order valence-corrected chi connectivity index (χ1v) is 6.46. The topological polar surface area (TPSA) is 64.0 Å². The number of carbonyl (C=O) groups is 1. The fourth-order valence-electron chi connectivity index (χ4n) is 2.60. The van der Waals surface area contributed by atoms with E-state index >= 15 is 0 Å². The van der Waals surface area contributed by atoms with Crippen molar-refractivity contribution >= 4 is 5.91 Å². The number of aromatic hydroxyl groups is 2. The maximum absolute atomic E-state index is 12.4. The van der Waals surface area contributed by atoms with Crippen molar-refractivity contribution in [2.24, 2.45) is 0 Å². The summed E-state index contributed by atoms with van der Waals surface area (Å²) in [6, 6.07) is 4.21. The molecule has 1 aromatic carbocycles. The maximum atomic E-state index is 12.4. The summed E-state index contributed by atoms with van der Waals surface area (Å²) in [5.74, 6) is -0.311. The second-order valence-corrected chi connectivity index (χ2v) is 5.29. The van der Waals surface area contributed by atoms with Crippen LogP contribution in [0.3, 0.4) is 0 Å². The number of carbonyl (C=O) groups excluding carboxylic acids is 1. The summed E-state index contributed by atoms with van der Waals surface area (Å²) in [5, 5.41) is 18.9. The van der Waals surface area contributed by atoms with Crippen molar-refractivity contribution in [1.29, 1.82) is 0 Å². The van der Waals surface area contributed by atoms with Crippen LogP contribution >= 0.6 is 0 Å². The molecule has 1 amide bonds. The minimum absolute atomic E-state index is 0.0910. The molecule has 1 aliphatic rings. The van der Waals surface area contributed by atoms with E-state index in [9.17, 15) is 15.0 Å². The van der Waals surface area contributed by atoms with Crippen molar-refractivity contribution in [2.75, 3.05) is 27.2 Å². The molecule has 5 nitrogen and oxygen atoms in total. The summed E-state index contributed by atoms with van der Waals surface area (Å²) < 4.78 is 0. The lowest BCUT2D eigenvalue weighted by molar-refractivity contribution is 0.0715. The highest BCUT2D eigenvalue weighted by Gasteiger charge is 2.29. The molecule has 1 aliphatic heterocycles. The molecule has 1 fully saturated rings. The van der Waals surface area contributed by atoms with Gasteiger partial charge in [0, 0.05) is 30.8 Å². The Morgan fingerprint density at radius 1 is 1.32 bits per heavy atom. The van der Waals surface area contributed by atoms with Crippen molar-refractivity contribution in [3.63, 3.8) is 0 Å². The van der Waals surface area contributed by atoms with Crippen LogP contribution in [0.5, 0.6) is 11.5 Å². The van der Waals surface area contributed by atoms with Gasteiger partial charge >= 0.3 is 0 Å². The van der Waals surface area contributed by atoms with Gasteiger partial charge in [-0.25, -0.2) is 0 Å². The summed E-state index contributed by atoms with van der Waals surface area (Å²) in [5.41, 5.74) is 0.336. The van der Waals surface area contributed by atoms with E-state index in [1.54, 1.807) is 0 Å². The zero-order chi connectivity index (χ0) is 14.0. The van der Waals surface area contributed by atoms with Crippen LogP contribution in [0.15, 0.2) is 18.2 Å². The summed E-state index contributed by atoms with van der Waals surface area (Å²) in [6.07, 6.45) is 1.99. The highest BCUT2D eigenvalue weighted by Crippen LogP contribution is 2.25. The number of likely N-dealkylation sites (N-methyl/N-ethyl adjacent to an activating group) is 1. The number of phenols is 2. The minimum Gasteiger partial charge on any atom is -0.508 e. The lowest BCUT2D eigenvalue weighted by Gasteiger charge is -2.27. The molecule has 104 valence electrons. The highest BCUT2D eigenvalue weighted by atomic mass is 16.3. The predicted molar refractivity (Wildman–Crippen MR) is 72.4 cm³/mol. The SMILES string of the molecule is CN(C)CC1CCCN1C(=O)c1cc(O)cc(O)c1. The van der Waals surface area contributed by atoms with E-state index < -0.39 is 0 Å². The van der Waals surface area contributed by atoms with E-state index in [-0.39, 0.29) is 23.4 Å². The van der Waals surface area contributed by atoms with Crippen LogP contribution in [-0.4, -0.2) is 59.1 Å². The van der Waals surface area contributed by atoms with Crippen molar-refractivity contribution in [2.45, 2.75) is 18.9 Å². The van der Waals surface area contributed by atoms with Crippen LogP contribution in [0.25, 0.3) is 0 Å². The van der Waals surface area contributed by atoms with Crippen LogP contribution in [0.1, 0.15) is 23.2 Å². The van der Waals surface area contributed by atoms with Crippen molar-refractivity contribution < 1.29 is 15.0 Å². The summed E-state index contributed by atoms with van der Waals surface area (Å²) in [7, 11) is 3.97. The third-order valence-corrected chi connectivity index (χ3v) is 3.36. The molecule has 0 aliphatic carbocycles. The van der Waals surface area contributed by atoms with Gasteiger partial charge in [-0.2, -0.15) is 0 Å². The Balaban J connectivity index is 2.18. The number of hydrogen-bond donors (Lipinski definition) is 2. The van der Waals surface area contributed by atoms with Gasteiger partial charge in [-0.15, -0.1) is 0 Å². The maximum Gasteiger partial charge on any atom is 0.254 e. The van der Waals surface area contributed by atoms with E-state index in [1.807, 2.05) is 19.0 Å². The van der Waals surface area contributed by atoms with E-state index in [0.29, 0.717) is 5.56 Å². The fourth-order valence-corrected chi connectivity index (χ4v) is 2.60. The van der Waals surface area contributed by atoms with Crippen LogP contribution in [0.2, 0.25) is 0 Å². The summed E-state index contributed by atoms with van der Waals surface area (Å²) in [6.45, 7) is 1.56. The smallest absolute Gasteiger partial charge is 0.254 e. The third kappa shape index (κ3) is 3.17. The molecule has 5 heteroatoms. The van der Waals surface area contributed by atoms with Crippen molar-refractivity contribution in [3.05, 3.63) is 23.8 Å². The zero-order valence-corrected chi connectivity index (χ0v) is 11.3. The van der Waals surface area contributed by atoms with E-state index in [2.05, 4.69) is 4.90 Å². The molecule has 0 saturated carbocycles. The number of benzene rings is 1. The van der Waals surface area contributed by atoms with Crippen molar-refractivity contribution in [1.82, 2.24) is 9.80 Å². The van der Waals surface area contributed by atoms with E-state index in [4.69, 9.17) is 0 Å². The average Bonchev–Trinajstić information content (AvgIpc) is 2.73. The summed E-state index contributed by atoms with van der Waals surface area (Å²) >= 11 is 0. The number of nitrogens with zero attached hydrogens (tertiary/aromatic N) is 2. The second-order valence-electron chi connectivity index (χ2n) is 5.29. The first-order chi connectivity index (χ1) is 8.97. The van der Waals surface area contributed by atoms with Gasteiger partial charge in [0.1, 0.15) is 11.5 Å². The fraction of sp³-hybridized carbons (Fsp3) is 0.500. The van der Waals surface area contributed by atoms with Crippen LogP contribution in [0, 0.1) is 0 Å². The van der Waals surface area contributed by atoms with Crippen LogP contribution < -0.4 is 0 Å². The lowest BCUT2D eigenvalue weighted by Crippen LogP contribution is -2.41. The minimum atomic E-state index is -0.129. The molecule has 1 atom stereocenters. The van der Waals surface area contributed by atoms with Crippen LogP contribution in [-0.2, 0) is 0 Å². The largest absolute Gasteiger partial charge is 0.508 e. The normalized spacial score (nSPS) is 19.1. The van der Waals surface area contributed by atoms with Gasteiger partial charge in [0.25, 0.3) is 5.91 Å². The van der Waals surface area contributed by atoms with Crippen LogP contribution in [0.4, 0.5) is 0 Å². The Hall–Kier alpha value is -1.75. The van der Waals surface area contributed by atoms with Gasteiger partial charge in [0.05, 0.1) is 0 Å². The molecule has 2 N–H and O–H groups in total. The van der Waals surface area contributed by atoms with Gasteiger partial charge in [0.2, 0.25) is 0 Å². The van der Waals surface area contributed by atoms with Gasteiger partial charge in [-0.05, 0) is 39.1 Å². The molecule has 1 saturated heterocycles. The molecule has 19 heavy (non-hydrogen) atoms. The zero-order valence-electron chi connectivity index (χ0n) is 11.3. The van der Waals surface area contributed by atoms with Gasteiger partial charge < -0.3 is 20.0 Å². The molecule has 0 radical (unpaired) electrons. The monoisotopic (exact) mass is 264 g/mol. The average molecular weight is 264 g/mol. The Morgan fingerprint density at radius 3 is 2.53 bits per heavy atom. The second kappa shape index (κ2) is 5.48. The first-order valence-electron chi connectivity index (χ1n) is 6.46. The Labute approximate surface area is 113 Å². The molecule has 1 heterocycles. The number of hydrogen-bond acceptors (Lipinski definition) is 4. The Bertz CT molecular complexity index is 454. The lowest BCUT2D eigenvalue weighted by atomic mass is 10.1. The van der Waals surface area contributed by atoms with E-state index in [0.717, 1.165) is 25.9 Å². The molecule has 1 aromatic rings. The van der Waals surface area contributed by atoms with Gasteiger partial charge in [0.15, 0.2) is 0 Å². The first kappa shape index (κ1) is 13.7. The molecular weight excluding hydrogens is 244 g/mol. The Morgan fingerprint density at radius 2 is 1.95 bits per heavy atom. The number of phenolic OH excluding ortho intramolecular Hbond substituents is 2.